The molecule has 0 aliphatic heterocycles. The summed E-state index contributed by atoms with van der Waals surface area (Å²) in [6.07, 6.45) is 1.84. The SMILES string of the molecule is Cc1cc(-c2c(C(C)C)cccc2C(C)C)nc(C)c1-c1ccccn1. The van der Waals surface area contributed by atoms with Crippen molar-refractivity contribution in [3.63, 3.8) is 0 Å². The van der Waals surface area contributed by atoms with E-state index in [-0.39, 0.29) is 0 Å². The molecule has 0 amide bonds. The van der Waals surface area contributed by atoms with Crippen LogP contribution in [0.4, 0.5) is 0 Å². The average Bonchev–Trinajstić information content (AvgIpc) is 2.61. The second-order valence-corrected chi connectivity index (χ2v) is 7.62. The summed E-state index contributed by atoms with van der Waals surface area (Å²) >= 11 is 0. The number of nitrogens with zero attached hydrogens (tertiary/aromatic N) is 2. The van der Waals surface area contributed by atoms with Gasteiger partial charge in [0.05, 0.1) is 11.4 Å². The third kappa shape index (κ3) is 3.41. The Kier molecular flexibility index (Phi) is 5.22. The summed E-state index contributed by atoms with van der Waals surface area (Å²) in [4.78, 5) is 9.55. The second-order valence-electron chi connectivity index (χ2n) is 7.62. The van der Waals surface area contributed by atoms with Crippen LogP contribution in [0.2, 0.25) is 0 Å². The van der Waals surface area contributed by atoms with Crippen LogP contribution in [0.15, 0.2) is 48.7 Å². The molecule has 2 heterocycles. The fourth-order valence-corrected chi connectivity index (χ4v) is 3.70. The number of pyridine rings is 2. The summed E-state index contributed by atoms with van der Waals surface area (Å²) in [6.45, 7) is 13.3. The molecule has 134 valence electrons. The van der Waals surface area contributed by atoms with Gasteiger partial charge in [-0.3, -0.25) is 9.97 Å². The second kappa shape index (κ2) is 7.41. The molecule has 2 nitrogen and oxygen atoms in total. The van der Waals surface area contributed by atoms with Crippen molar-refractivity contribution in [2.75, 3.05) is 0 Å². The molecule has 1 aromatic carbocycles. The molecule has 0 N–H and O–H groups in total. The van der Waals surface area contributed by atoms with E-state index in [1.807, 2.05) is 18.3 Å². The zero-order valence-corrected chi connectivity index (χ0v) is 16.7. The van der Waals surface area contributed by atoms with Crippen molar-refractivity contribution in [2.24, 2.45) is 0 Å². The summed E-state index contributed by atoms with van der Waals surface area (Å²) < 4.78 is 0. The van der Waals surface area contributed by atoms with Crippen LogP contribution in [-0.2, 0) is 0 Å². The Labute approximate surface area is 157 Å². The number of aromatic nitrogens is 2. The van der Waals surface area contributed by atoms with E-state index in [1.54, 1.807) is 0 Å². The number of hydrogen-bond acceptors (Lipinski definition) is 2. The summed E-state index contributed by atoms with van der Waals surface area (Å²) in [5, 5.41) is 0. The third-order valence-corrected chi connectivity index (χ3v) is 4.95. The molecule has 0 saturated carbocycles. The van der Waals surface area contributed by atoms with Crippen molar-refractivity contribution in [2.45, 2.75) is 53.4 Å². The molecule has 3 rings (SSSR count). The Morgan fingerprint density at radius 1 is 0.731 bits per heavy atom. The van der Waals surface area contributed by atoms with E-state index in [9.17, 15) is 0 Å². The molecule has 0 fully saturated rings. The topological polar surface area (TPSA) is 25.8 Å². The zero-order chi connectivity index (χ0) is 18.8. The standard InChI is InChI=1S/C24H28N2/c1-15(2)19-10-9-11-20(16(3)4)24(19)22-14-17(5)23(18(6)26-22)21-12-7-8-13-25-21/h7-16H,1-6H3. The maximum atomic E-state index is 5.03. The van der Waals surface area contributed by atoms with Crippen molar-refractivity contribution in [1.82, 2.24) is 9.97 Å². The van der Waals surface area contributed by atoms with Crippen molar-refractivity contribution in [1.29, 1.82) is 0 Å². The highest BCUT2D eigenvalue weighted by Gasteiger charge is 2.18. The van der Waals surface area contributed by atoms with Crippen molar-refractivity contribution in [3.05, 3.63) is 71.0 Å². The molecule has 3 aromatic rings. The zero-order valence-electron chi connectivity index (χ0n) is 16.7. The van der Waals surface area contributed by atoms with Gasteiger partial charge >= 0.3 is 0 Å². The number of aryl methyl sites for hydroxylation is 2. The Morgan fingerprint density at radius 2 is 1.38 bits per heavy atom. The van der Waals surface area contributed by atoms with Gasteiger partial charge in [-0.2, -0.15) is 0 Å². The monoisotopic (exact) mass is 344 g/mol. The van der Waals surface area contributed by atoms with E-state index in [2.05, 4.69) is 76.9 Å². The smallest absolute Gasteiger partial charge is 0.0722 e. The van der Waals surface area contributed by atoms with Gasteiger partial charge in [-0.1, -0.05) is 52.0 Å². The van der Waals surface area contributed by atoms with Crippen LogP contribution in [0, 0.1) is 13.8 Å². The molecule has 0 unspecified atom stereocenters. The molecule has 0 aliphatic carbocycles. The Morgan fingerprint density at radius 3 is 1.88 bits per heavy atom. The first kappa shape index (κ1) is 18.3. The highest BCUT2D eigenvalue weighted by Crippen LogP contribution is 2.37. The number of rotatable bonds is 4. The normalized spacial score (nSPS) is 11.4. The Balaban J connectivity index is 2.24. The van der Waals surface area contributed by atoms with Crippen molar-refractivity contribution < 1.29 is 0 Å². The first-order valence-electron chi connectivity index (χ1n) is 9.43. The minimum Gasteiger partial charge on any atom is -0.256 e. The molecule has 0 spiro atoms. The largest absolute Gasteiger partial charge is 0.256 e. The third-order valence-electron chi connectivity index (χ3n) is 4.95. The summed E-state index contributed by atoms with van der Waals surface area (Å²) in [5.41, 5.74) is 9.50. The number of hydrogen-bond donors (Lipinski definition) is 0. The van der Waals surface area contributed by atoms with Crippen LogP contribution in [0.3, 0.4) is 0 Å². The fraction of sp³-hybridized carbons (Fsp3) is 0.333. The molecule has 0 bridgehead atoms. The molecule has 26 heavy (non-hydrogen) atoms. The van der Waals surface area contributed by atoms with E-state index >= 15 is 0 Å². The van der Waals surface area contributed by atoms with Crippen LogP contribution in [-0.4, -0.2) is 9.97 Å². The van der Waals surface area contributed by atoms with Gasteiger partial charge in [-0.25, -0.2) is 0 Å². The number of benzene rings is 1. The fourth-order valence-electron chi connectivity index (χ4n) is 3.70. The van der Waals surface area contributed by atoms with Gasteiger partial charge in [-0.05, 0) is 60.6 Å². The lowest BCUT2D eigenvalue weighted by molar-refractivity contribution is 0.836. The molecule has 2 aromatic heterocycles. The minimum absolute atomic E-state index is 0.460. The van der Waals surface area contributed by atoms with Gasteiger partial charge in [-0.15, -0.1) is 0 Å². The molecular formula is C24H28N2. The van der Waals surface area contributed by atoms with E-state index in [1.165, 1.54) is 22.3 Å². The molecule has 0 atom stereocenters. The van der Waals surface area contributed by atoms with Crippen LogP contribution >= 0.6 is 0 Å². The van der Waals surface area contributed by atoms with Crippen LogP contribution < -0.4 is 0 Å². The lowest BCUT2D eigenvalue weighted by Crippen LogP contribution is -2.03. The van der Waals surface area contributed by atoms with Crippen molar-refractivity contribution in [3.8, 4) is 22.5 Å². The maximum absolute atomic E-state index is 5.03. The lowest BCUT2D eigenvalue weighted by Gasteiger charge is -2.21. The van der Waals surface area contributed by atoms with Gasteiger partial charge in [0.25, 0.3) is 0 Å². The van der Waals surface area contributed by atoms with Crippen LogP contribution in [0.25, 0.3) is 22.5 Å². The van der Waals surface area contributed by atoms with Crippen LogP contribution in [0.5, 0.6) is 0 Å². The highest BCUT2D eigenvalue weighted by molar-refractivity contribution is 5.75. The van der Waals surface area contributed by atoms with Crippen LogP contribution in [0.1, 0.15) is 61.9 Å². The van der Waals surface area contributed by atoms with Crippen molar-refractivity contribution >= 4 is 0 Å². The maximum Gasteiger partial charge on any atom is 0.0722 e. The van der Waals surface area contributed by atoms with E-state index in [4.69, 9.17) is 4.98 Å². The summed E-state index contributed by atoms with van der Waals surface area (Å²) in [6, 6.07) is 14.9. The predicted octanol–water partition coefficient (Wildman–Crippen LogP) is 6.67. The first-order chi connectivity index (χ1) is 12.4. The van der Waals surface area contributed by atoms with Gasteiger partial charge in [0.15, 0.2) is 0 Å². The minimum atomic E-state index is 0.460. The van der Waals surface area contributed by atoms with E-state index in [0.717, 1.165) is 22.6 Å². The molecule has 2 heteroatoms. The Hall–Kier alpha value is -2.48. The molecule has 0 aliphatic rings. The molecular weight excluding hydrogens is 316 g/mol. The summed E-state index contributed by atoms with van der Waals surface area (Å²) in [5.74, 6) is 0.920. The van der Waals surface area contributed by atoms with Gasteiger partial charge in [0, 0.05) is 23.0 Å². The molecule has 0 radical (unpaired) electrons. The quantitative estimate of drug-likeness (QED) is 0.528. The first-order valence-corrected chi connectivity index (χ1v) is 9.43. The molecule has 0 saturated heterocycles. The lowest BCUT2D eigenvalue weighted by atomic mass is 9.86. The van der Waals surface area contributed by atoms with Gasteiger partial charge in [0.2, 0.25) is 0 Å². The van der Waals surface area contributed by atoms with Gasteiger partial charge < -0.3 is 0 Å². The van der Waals surface area contributed by atoms with E-state index < -0.39 is 0 Å². The highest BCUT2D eigenvalue weighted by atomic mass is 14.7. The van der Waals surface area contributed by atoms with Gasteiger partial charge in [0.1, 0.15) is 0 Å². The van der Waals surface area contributed by atoms with E-state index in [0.29, 0.717) is 11.8 Å². The predicted molar refractivity (Wildman–Crippen MR) is 111 cm³/mol. The average molecular weight is 345 g/mol. The Bertz CT molecular complexity index is 859. The summed E-state index contributed by atoms with van der Waals surface area (Å²) in [7, 11) is 0.